The predicted octanol–water partition coefficient (Wildman–Crippen LogP) is 7.84. The summed E-state index contributed by atoms with van der Waals surface area (Å²) >= 11 is 26.4. The number of hydrogen-bond donors (Lipinski definition) is 0. The molecule has 0 aliphatic heterocycles. The molecule has 0 fully saturated rings. The van der Waals surface area contributed by atoms with Crippen molar-refractivity contribution in [3.63, 3.8) is 0 Å². The molecule has 1 heterocycles. The number of benzene rings is 3. The molecule has 0 bridgehead atoms. The van der Waals surface area contributed by atoms with Gasteiger partial charge < -0.3 is 0 Å². The third kappa shape index (κ3) is 4.57. The van der Waals surface area contributed by atoms with Gasteiger partial charge in [-0.15, -0.1) is 10.2 Å². The summed E-state index contributed by atoms with van der Waals surface area (Å²) in [6, 6.07) is 20.5. The van der Waals surface area contributed by atoms with Crippen LogP contribution in [0.15, 0.2) is 71.9 Å². The highest BCUT2D eigenvalue weighted by Crippen LogP contribution is 2.34. The van der Waals surface area contributed by atoms with Crippen LogP contribution >= 0.6 is 58.2 Å². The lowest BCUT2D eigenvalue weighted by Crippen LogP contribution is -2.00. The van der Waals surface area contributed by atoms with Crippen molar-refractivity contribution in [3.05, 3.63) is 92.4 Å². The van der Waals surface area contributed by atoms with E-state index in [0.717, 1.165) is 16.8 Å². The van der Waals surface area contributed by atoms with Crippen LogP contribution in [0.5, 0.6) is 0 Å². The van der Waals surface area contributed by atoms with Crippen LogP contribution in [0.2, 0.25) is 20.1 Å². The van der Waals surface area contributed by atoms with Crippen LogP contribution in [0.4, 0.5) is 0 Å². The molecule has 29 heavy (non-hydrogen) atoms. The molecule has 4 rings (SSSR count). The molecular formula is C21H13Cl4N3S. The summed E-state index contributed by atoms with van der Waals surface area (Å²) in [6.07, 6.45) is 0. The van der Waals surface area contributed by atoms with Gasteiger partial charge in [0.15, 0.2) is 11.0 Å². The van der Waals surface area contributed by atoms with Crippen LogP contribution in [0.25, 0.3) is 17.1 Å². The zero-order valence-electron chi connectivity index (χ0n) is 14.8. The third-order valence-electron chi connectivity index (χ3n) is 4.21. The Morgan fingerprint density at radius 2 is 1.45 bits per heavy atom. The van der Waals surface area contributed by atoms with Gasteiger partial charge in [-0.1, -0.05) is 76.4 Å². The fourth-order valence-electron chi connectivity index (χ4n) is 2.81. The molecule has 0 unspecified atom stereocenters. The number of hydrogen-bond acceptors (Lipinski definition) is 3. The van der Waals surface area contributed by atoms with Gasteiger partial charge in [0, 0.05) is 37.1 Å². The Morgan fingerprint density at radius 3 is 2.14 bits per heavy atom. The van der Waals surface area contributed by atoms with E-state index in [9.17, 15) is 0 Å². The minimum absolute atomic E-state index is 0.555. The molecular weight excluding hydrogens is 468 g/mol. The van der Waals surface area contributed by atoms with Gasteiger partial charge in [-0.05, 0) is 54.1 Å². The van der Waals surface area contributed by atoms with Crippen molar-refractivity contribution in [1.29, 1.82) is 0 Å². The second kappa shape index (κ2) is 8.99. The molecule has 0 spiro atoms. The van der Waals surface area contributed by atoms with Crippen LogP contribution in [0, 0.1) is 0 Å². The van der Waals surface area contributed by atoms with E-state index in [2.05, 4.69) is 10.2 Å². The van der Waals surface area contributed by atoms with E-state index in [-0.39, 0.29) is 0 Å². The summed E-state index contributed by atoms with van der Waals surface area (Å²) in [5.41, 5.74) is 2.61. The largest absolute Gasteiger partial charge is 0.270 e. The molecule has 146 valence electrons. The first-order chi connectivity index (χ1) is 14.0. The molecule has 0 N–H and O–H groups in total. The van der Waals surface area contributed by atoms with E-state index in [1.807, 2.05) is 71.3 Å². The monoisotopic (exact) mass is 479 g/mol. The molecule has 0 aliphatic carbocycles. The lowest BCUT2D eigenvalue weighted by Gasteiger charge is -2.11. The van der Waals surface area contributed by atoms with Crippen molar-refractivity contribution in [3.8, 4) is 17.1 Å². The van der Waals surface area contributed by atoms with Gasteiger partial charge >= 0.3 is 0 Å². The van der Waals surface area contributed by atoms with Crippen LogP contribution in [0.3, 0.4) is 0 Å². The maximum absolute atomic E-state index is 6.32. The molecule has 1 aromatic heterocycles. The number of nitrogens with zero attached hydrogens (tertiary/aromatic N) is 3. The molecule has 4 aromatic rings. The summed E-state index contributed by atoms with van der Waals surface area (Å²) in [4.78, 5) is 0. The minimum Gasteiger partial charge on any atom is -0.270 e. The first-order valence-electron chi connectivity index (χ1n) is 8.56. The SMILES string of the molecule is Clc1ccc(-n2c(SCc3c(Cl)cccc3Cl)nnc2-c2cccc(Cl)c2)cc1. The maximum atomic E-state index is 6.32. The molecule has 0 saturated heterocycles. The van der Waals surface area contributed by atoms with Crippen molar-refractivity contribution in [2.24, 2.45) is 0 Å². The van der Waals surface area contributed by atoms with Crippen molar-refractivity contribution < 1.29 is 0 Å². The van der Waals surface area contributed by atoms with Crippen LogP contribution in [-0.2, 0) is 5.75 Å². The lowest BCUT2D eigenvalue weighted by molar-refractivity contribution is 0.886. The van der Waals surface area contributed by atoms with Crippen molar-refractivity contribution >= 4 is 58.2 Å². The smallest absolute Gasteiger partial charge is 0.196 e. The second-order valence-electron chi connectivity index (χ2n) is 6.12. The number of halogens is 4. The molecule has 0 aliphatic rings. The molecule has 3 aromatic carbocycles. The van der Waals surface area contributed by atoms with Gasteiger partial charge in [0.25, 0.3) is 0 Å². The quantitative estimate of drug-likeness (QED) is 0.272. The fourth-order valence-corrected chi connectivity index (χ4v) is 4.82. The topological polar surface area (TPSA) is 30.7 Å². The highest BCUT2D eigenvalue weighted by molar-refractivity contribution is 7.98. The van der Waals surface area contributed by atoms with Crippen molar-refractivity contribution in [2.75, 3.05) is 0 Å². The summed E-state index contributed by atoms with van der Waals surface area (Å²) in [7, 11) is 0. The van der Waals surface area contributed by atoms with Gasteiger partial charge in [0.2, 0.25) is 0 Å². The van der Waals surface area contributed by atoms with Gasteiger partial charge in [-0.2, -0.15) is 0 Å². The molecule has 0 amide bonds. The first-order valence-corrected chi connectivity index (χ1v) is 11.1. The summed E-state index contributed by atoms with van der Waals surface area (Å²) in [6.45, 7) is 0. The average Bonchev–Trinajstić information content (AvgIpc) is 3.12. The van der Waals surface area contributed by atoms with E-state index in [4.69, 9.17) is 46.4 Å². The van der Waals surface area contributed by atoms with Crippen molar-refractivity contribution in [1.82, 2.24) is 14.8 Å². The standard InChI is InChI=1S/C21H13Cl4N3S/c22-14-7-9-16(10-8-14)28-20(13-3-1-4-15(23)11-13)26-27-21(28)29-12-17-18(24)5-2-6-19(17)25/h1-11H,12H2. The highest BCUT2D eigenvalue weighted by Gasteiger charge is 2.17. The van der Waals surface area contributed by atoms with Crippen LogP contribution < -0.4 is 0 Å². The minimum atomic E-state index is 0.555. The van der Waals surface area contributed by atoms with Gasteiger partial charge in [-0.25, -0.2) is 0 Å². The van der Waals surface area contributed by atoms with Crippen LogP contribution in [-0.4, -0.2) is 14.8 Å². The fraction of sp³-hybridized carbons (Fsp3) is 0.0476. The normalized spacial score (nSPS) is 11.0. The van der Waals surface area contributed by atoms with Crippen molar-refractivity contribution in [2.45, 2.75) is 10.9 Å². The zero-order chi connectivity index (χ0) is 20.4. The summed E-state index contributed by atoms with van der Waals surface area (Å²) in [5, 5.41) is 12.1. The Hall–Kier alpha value is -1.69. The Bertz CT molecular complexity index is 1140. The van der Waals surface area contributed by atoms with E-state index in [1.54, 1.807) is 0 Å². The lowest BCUT2D eigenvalue weighted by atomic mass is 10.2. The van der Waals surface area contributed by atoms with E-state index in [1.165, 1.54) is 11.8 Å². The number of thioether (sulfide) groups is 1. The first kappa shape index (κ1) is 20.6. The van der Waals surface area contributed by atoms with Crippen LogP contribution in [0.1, 0.15) is 5.56 Å². The molecule has 3 nitrogen and oxygen atoms in total. The van der Waals surface area contributed by atoms with E-state index < -0.39 is 0 Å². The number of aromatic nitrogens is 3. The zero-order valence-corrected chi connectivity index (χ0v) is 18.7. The second-order valence-corrected chi connectivity index (χ2v) is 8.75. The maximum Gasteiger partial charge on any atom is 0.196 e. The molecule has 0 atom stereocenters. The Labute approximate surface area is 192 Å². The van der Waals surface area contributed by atoms with Gasteiger partial charge in [0.05, 0.1) is 0 Å². The summed E-state index contributed by atoms with van der Waals surface area (Å²) in [5.74, 6) is 1.24. The summed E-state index contributed by atoms with van der Waals surface area (Å²) < 4.78 is 1.97. The third-order valence-corrected chi connectivity index (χ3v) is 6.36. The Balaban J connectivity index is 1.77. The van der Waals surface area contributed by atoms with Gasteiger partial charge in [-0.3, -0.25) is 4.57 Å². The predicted molar refractivity (Wildman–Crippen MR) is 123 cm³/mol. The Morgan fingerprint density at radius 1 is 0.759 bits per heavy atom. The average molecular weight is 481 g/mol. The molecule has 0 saturated carbocycles. The molecule has 0 radical (unpaired) electrons. The highest BCUT2D eigenvalue weighted by atomic mass is 35.5. The van der Waals surface area contributed by atoms with E-state index >= 15 is 0 Å². The number of rotatable bonds is 5. The van der Waals surface area contributed by atoms with E-state index in [0.29, 0.717) is 36.8 Å². The Kier molecular flexibility index (Phi) is 6.38. The van der Waals surface area contributed by atoms with Gasteiger partial charge in [0.1, 0.15) is 0 Å². The molecule has 8 heteroatoms.